The number of hydrogen-bond acceptors (Lipinski definition) is 5. The predicted octanol–water partition coefficient (Wildman–Crippen LogP) is 1.99. The van der Waals surface area contributed by atoms with Crippen molar-refractivity contribution in [1.29, 1.82) is 0 Å². The molecule has 1 saturated heterocycles. The highest BCUT2D eigenvalue weighted by atomic mass is 16.5. The first-order valence-corrected chi connectivity index (χ1v) is 9.12. The molecule has 2 atom stereocenters. The third kappa shape index (κ3) is 3.97. The van der Waals surface area contributed by atoms with Gasteiger partial charge in [0.1, 0.15) is 0 Å². The monoisotopic (exact) mass is 356 g/mol. The van der Waals surface area contributed by atoms with E-state index in [0.717, 1.165) is 31.0 Å². The number of carbonyl (C=O) groups excluding carboxylic acids is 1. The Hall–Kier alpha value is -2.18. The highest BCUT2D eigenvalue weighted by Gasteiger charge is 2.31. The Kier molecular flexibility index (Phi) is 5.74. The normalized spacial score (nSPS) is 20.5. The van der Waals surface area contributed by atoms with Crippen LogP contribution in [0.3, 0.4) is 0 Å². The molecular formula is C20H28N4O2. The number of esters is 1. The number of hydrogen-bond donors (Lipinski definition) is 1. The first-order chi connectivity index (χ1) is 12.5. The summed E-state index contributed by atoms with van der Waals surface area (Å²) in [6, 6.07) is 10.7. The lowest BCUT2D eigenvalue weighted by atomic mass is 9.95. The smallest absolute Gasteiger partial charge is 0.307 e. The molecule has 2 N–H and O–H groups in total. The number of methoxy groups -OCH3 is 1. The van der Waals surface area contributed by atoms with Gasteiger partial charge in [-0.2, -0.15) is 5.10 Å². The van der Waals surface area contributed by atoms with Crippen molar-refractivity contribution in [3.63, 3.8) is 0 Å². The maximum Gasteiger partial charge on any atom is 0.307 e. The highest BCUT2D eigenvalue weighted by molar-refractivity contribution is 5.68. The Morgan fingerprint density at radius 2 is 2.00 bits per heavy atom. The molecule has 2 heterocycles. The number of nitrogens with zero attached hydrogens (tertiary/aromatic N) is 3. The van der Waals surface area contributed by atoms with Gasteiger partial charge in [-0.3, -0.25) is 14.4 Å². The fourth-order valence-corrected chi connectivity index (χ4v) is 3.80. The van der Waals surface area contributed by atoms with Crippen molar-refractivity contribution in [3.8, 4) is 0 Å². The second-order valence-electron chi connectivity index (χ2n) is 7.07. The van der Waals surface area contributed by atoms with Crippen molar-refractivity contribution in [2.24, 2.45) is 5.73 Å². The Balaban J connectivity index is 1.68. The van der Waals surface area contributed by atoms with Gasteiger partial charge in [0, 0.05) is 42.9 Å². The number of carbonyl (C=O) groups is 1. The van der Waals surface area contributed by atoms with E-state index >= 15 is 0 Å². The number of ether oxygens (including phenoxy) is 1. The molecule has 3 rings (SSSR count). The topological polar surface area (TPSA) is 73.4 Å². The maximum atomic E-state index is 11.4. The molecule has 1 fully saturated rings. The molecule has 1 aliphatic heterocycles. The van der Waals surface area contributed by atoms with Crippen LogP contribution in [-0.2, 0) is 22.6 Å². The van der Waals surface area contributed by atoms with Gasteiger partial charge < -0.3 is 10.5 Å². The molecule has 0 saturated carbocycles. The van der Waals surface area contributed by atoms with Crippen molar-refractivity contribution in [2.45, 2.75) is 45.3 Å². The van der Waals surface area contributed by atoms with E-state index in [1.165, 1.54) is 18.2 Å². The Labute approximate surface area is 154 Å². The lowest BCUT2D eigenvalue weighted by Crippen LogP contribution is -2.28. The SMILES string of the molecule is COC(=O)CCn1nc(C)c(CN2C[C@@H](N)[C@H](c3ccccc3)C2)c1C. The van der Waals surface area contributed by atoms with Gasteiger partial charge in [0.15, 0.2) is 0 Å². The van der Waals surface area contributed by atoms with Crippen LogP contribution in [0.1, 0.15) is 34.9 Å². The number of nitrogens with two attached hydrogens (primary N) is 1. The molecular weight excluding hydrogens is 328 g/mol. The van der Waals surface area contributed by atoms with Gasteiger partial charge in [0.05, 0.1) is 25.8 Å². The van der Waals surface area contributed by atoms with Crippen molar-refractivity contribution in [2.75, 3.05) is 20.2 Å². The Morgan fingerprint density at radius 1 is 1.27 bits per heavy atom. The fraction of sp³-hybridized carbons (Fsp3) is 0.500. The number of aromatic nitrogens is 2. The number of aryl methyl sites for hydroxylation is 2. The van der Waals surface area contributed by atoms with Crippen LogP contribution < -0.4 is 5.73 Å². The van der Waals surface area contributed by atoms with Crippen molar-refractivity contribution >= 4 is 5.97 Å². The van der Waals surface area contributed by atoms with Crippen molar-refractivity contribution in [3.05, 3.63) is 52.8 Å². The largest absolute Gasteiger partial charge is 0.469 e. The second kappa shape index (κ2) is 8.01. The average molecular weight is 356 g/mol. The highest BCUT2D eigenvalue weighted by Crippen LogP contribution is 2.28. The van der Waals surface area contributed by atoms with E-state index in [1.54, 1.807) is 0 Å². The molecule has 0 spiro atoms. The van der Waals surface area contributed by atoms with E-state index in [-0.39, 0.29) is 12.0 Å². The molecule has 1 aromatic heterocycles. The van der Waals surface area contributed by atoms with E-state index in [4.69, 9.17) is 10.5 Å². The minimum absolute atomic E-state index is 0.146. The van der Waals surface area contributed by atoms with Crippen molar-refractivity contribution < 1.29 is 9.53 Å². The van der Waals surface area contributed by atoms with E-state index < -0.39 is 0 Å². The molecule has 0 radical (unpaired) electrons. The zero-order chi connectivity index (χ0) is 18.7. The van der Waals surface area contributed by atoms with Gasteiger partial charge >= 0.3 is 5.97 Å². The lowest BCUT2D eigenvalue weighted by molar-refractivity contribution is -0.140. The summed E-state index contributed by atoms with van der Waals surface area (Å²) in [5, 5.41) is 4.61. The van der Waals surface area contributed by atoms with Gasteiger partial charge in [-0.05, 0) is 19.4 Å². The molecule has 6 nitrogen and oxygen atoms in total. The quantitative estimate of drug-likeness (QED) is 0.802. The van der Waals surface area contributed by atoms with Crippen LogP contribution in [0.4, 0.5) is 0 Å². The number of benzene rings is 1. The number of rotatable bonds is 6. The molecule has 0 bridgehead atoms. The summed E-state index contributed by atoms with van der Waals surface area (Å²) in [4.78, 5) is 13.8. The molecule has 2 aromatic rings. The summed E-state index contributed by atoms with van der Waals surface area (Å²) in [7, 11) is 1.41. The van der Waals surface area contributed by atoms with Crippen LogP contribution in [0.2, 0.25) is 0 Å². The first-order valence-electron chi connectivity index (χ1n) is 9.12. The molecule has 0 amide bonds. The third-order valence-corrected chi connectivity index (χ3v) is 5.34. The van der Waals surface area contributed by atoms with Crippen LogP contribution in [0.15, 0.2) is 30.3 Å². The minimum Gasteiger partial charge on any atom is -0.469 e. The summed E-state index contributed by atoms with van der Waals surface area (Å²) >= 11 is 0. The molecule has 0 aliphatic carbocycles. The van der Waals surface area contributed by atoms with Crippen LogP contribution in [0.5, 0.6) is 0 Å². The fourth-order valence-electron chi connectivity index (χ4n) is 3.80. The first kappa shape index (κ1) is 18.6. The molecule has 1 aliphatic rings. The molecule has 6 heteroatoms. The predicted molar refractivity (Wildman–Crippen MR) is 101 cm³/mol. The summed E-state index contributed by atoms with van der Waals surface area (Å²) in [6.45, 7) is 7.32. The zero-order valence-electron chi connectivity index (χ0n) is 15.8. The molecule has 140 valence electrons. The van der Waals surface area contributed by atoms with E-state index in [9.17, 15) is 4.79 Å². The molecule has 1 aromatic carbocycles. The van der Waals surface area contributed by atoms with Crippen molar-refractivity contribution in [1.82, 2.24) is 14.7 Å². The molecule has 26 heavy (non-hydrogen) atoms. The zero-order valence-corrected chi connectivity index (χ0v) is 15.8. The number of likely N-dealkylation sites (tertiary alicyclic amines) is 1. The van der Waals surface area contributed by atoms with E-state index in [1.807, 2.05) is 17.7 Å². The average Bonchev–Trinajstić information content (AvgIpc) is 3.14. The van der Waals surface area contributed by atoms with E-state index in [2.05, 4.69) is 41.2 Å². The lowest BCUT2D eigenvalue weighted by Gasteiger charge is -2.16. The standard InChI is InChI=1S/C20H28N4O2/c1-14-17(15(2)24(22-14)10-9-20(25)26-3)11-23-12-18(19(21)13-23)16-7-5-4-6-8-16/h4-8,18-19H,9-13,21H2,1-3H3/t18-,19+/m0/s1. The second-order valence-corrected chi connectivity index (χ2v) is 7.07. The van der Waals surface area contributed by atoms with Gasteiger partial charge in [-0.15, -0.1) is 0 Å². The van der Waals surface area contributed by atoms with Crippen LogP contribution in [0.25, 0.3) is 0 Å². The summed E-state index contributed by atoms with van der Waals surface area (Å²) in [6.07, 6.45) is 0.336. The summed E-state index contributed by atoms with van der Waals surface area (Å²) in [5.41, 5.74) is 11.1. The van der Waals surface area contributed by atoms with Crippen LogP contribution in [-0.4, -0.2) is 46.9 Å². The van der Waals surface area contributed by atoms with Gasteiger partial charge in [-0.1, -0.05) is 30.3 Å². The van der Waals surface area contributed by atoms with Gasteiger partial charge in [0.25, 0.3) is 0 Å². The summed E-state index contributed by atoms with van der Waals surface area (Å²) < 4.78 is 6.63. The third-order valence-electron chi connectivity index (χ3n) is 5.34. The minimum atomic E-state index is -0.213. The summed E-state index contributed by atoms with van der Waals surface area (Å²) in [5.74, 6) is 0.154. The van der Waals surface area contributed by atoms with Gasteiger partial charge in [-0.25, -0.2) is 0 Å². The van der Waals surface area contributed by atoms with Crippen LogP contribution >= 0.6 is 0 Å². The maximum absolute atomic E-state index is 11.4. The van der Waals surface area contributed by atoms with Crippen LogP contribution in [0, 0.1) is 13.8 Å². The van der Waals surface area contributed by atoms with E-state index in [0.29, 0.717) is 18.9 Å². The Morgan fingerprint density at radius 3 is 2.69 bits per heavy atom. The Bertz CT molecular complexity index is 757. The van der Waals surface area contributed by atoms with Gasteiger partial charge in [0.2, 0.25) is 0 Å². The molecule has 0 unspecified atom stereocenters.